The molecule has 126 valence electrons. The summed E-state index contributed by atoms with van der Waals surface area (Å²) in [6, 6.07) is 14.0. The van der Waals surface area contributed by atoms with Gasteiger partial charge in [-0.05, 0) is 49.0 Å². The maximum atomic E-state index is 12.8. The number of halogens is 1. The number of thiocarbonyl (C=S) groups is 1. The summed E-state index contributed by atoms with van der Waals surface area (Å²) in [5.41, 5.74) is 8.17. The molecule has 3 N–H and O–H groups in total. The van der Waals surface area contributed by atoms with Crippen LogP contribution in [-0.4, -0.2) is 16.8 Å². The Morgan fingerprint density at radius 3 is 2.42 bits per heavy atom. The summed E-state index contributed by atoms with van der Waals surface area (Å²) in [4.78, 5) is 11.8. The minimum absolute atomic E-state index is 0.171. The number of carbonyl (C=O) groups excluding carboxylic acids is 1. The largest absolute Gasteiger partial charge is 0.331 e. The van der Waals surface area contributed by atoms with Gasteiger partial charge < -0.3 is 5.32 Å². The summed E-state index contributed by atoms with van der Waals surface area (Å²) in [5, 5.41) is 3.08. The number of anilines is 1. The van der Waals surface area contributed by atoms with Crippen LogP contribution in [0.2, 0.25) is 0 Å². The number of aryl methyl sites for hydroxylation is 1. The number of carbonyl (C=O) groups is 1. The van der Waals surface area contributed by atoms with Crippen molar-refractivity contribution in [1.82, 2.24) is 10.9 Å². The third-order valence-corrected chi connectivity index (χ3v) is 4.25. The molecule has 0 saturated carbocycles. The number of rotatable bonds is 5. The molecule has 0 radical (unpaired) electrons. The second-order valence-corrected chi connectivity index (χ2v) is 6.51. The molecule has 0 aliphatic rings. The lowest BCUT2D eigenvalue weighted by molar-refractivity contribution is -0.119. The highest BCUT2D eigenvalue weighted by molar-refractivity contribution is 7.99. The molecule has 0 bridgehead atoms. The van der Waals surface area contributed by atoms with Gasteiger partial charge in [0, 0.05) is 11.4 Å². The molecule has 0 aliphatic heterocycles. The third-order valence-electron chi connectivity index (χ3n) is 3.04. The zero-order valence-electron chi connectivity index (χ0n) is 13.1. The summed E-state index contributed by atoms with van der Waals surface area (Å²) in [6.07, 6.45) is 0. The minimum Gasteiger partial charge on any atom is -0.331 e. The smallest absolute Gasteiger partial charge is 0.248 e. The Morgan fingerprint density at radius 2 is 1.75 bits per heavy atom. The van der Waals surface area contributed by atoms with Gasteiger partial charge in [0.25, 0.3) is 0 Å². The summed E-state index contributed by atoms with van der Waals surface area (Å²) >= 11 is 6.57. The predicted octanol–water partition coefficient (Wildman–Crippen LogP) is 3.39. The molecule has 0 aliphatic carbocycles. The van der Waals surface area contributed by atoms with E-state index in [2.05, 4.69) is 40.4 Å². The predicted molar refractivity (Wildman–Crippen MR) is 101 cm³/mol. The average molecular weight is 363 g/mol. The number of amides is 1. The van der Waals surface area contributed by atoms with Crippen LogP contribution >= 0.6 is 24.0 Å². The molecule has 0 unspecified atom stereocenters. The highest BCUT2D eigenvalue weighted by atomic mass is 32.2. The van der Waals surface area contributed by atoms with Crippen molar-refractivity contribution >= 4 is 40.7 Å². The fourth-order valence-electron chi connectivity index (χ4n) is 1.80. The van der Waals surface area contributed by atoms with Crippen LogP contribution in [0.4, 0.5) is 10.1 Å². The quantitative estimate of drug-likeness (QED) is 0.562. The highest BCUT2D eigenvalue weighted by Crippen LogP contribution is 2.12. The van der Waals surface area contributed by atoms with Crippen LogP contribution in [0.5, 0.6) is 0 Å². The molecule has 4 nitrogen and oxygen atoms in total. The van der Waals surface area contributed by atoms with Crippen molar-refractivity contribution in [2.24, 2.45) is 0 Å². The van der Waals surface area contributed by atoms with Crippen molar-refractivity contribution in [3.8, 4) is 0 Å². The molecule has 24 heavy (non-hydrogen) atoms. The van der Waals surface area contributed by atoms with E-state index >= 15 is 0 Å². The molecule has 0 heterocycles. The van der Waals surface area contributed by atoms with Crippen LogP contribution in [0.25, 0.3) is 0 Å². The van der Waals surface area contributed by atoms with Gasteiger partial charge in [0.2, 0.25) is 5.91 Å². The lowest BCUT2D eigenvalue weighted by Crippen LogP contribution is -2.44. The first kappa shape index (κ1) is 18.2. The Kier molecular flexibility index (Phi) is 7.02. The van der Waals surface area contributed by atoms with Crippen molar-refractivity contribution in [2.75, 3.05) is 11.1 Å². The molecule has 2 aromatic rings. The van der Waals surface area contributed by atoms with E-state index in [1.807, 2.05) is 6.92 Å². The van der Waals surface area contributed by atoms with E-state index in [1.165, 1.54) is 35.0 Å². The first-order valence-corrected chi connectivity index (χ1v) is 8.84. The topological polar surface area (TPSA) is 53.2 Å². The number of hydrogen-bond acceptors (Lipinski definition) is 3. The first-order chi connectivity index (χ1) is 11.5. The van der Waals surface area contributed by atoms with Gasteiger partial charge in [-0.25, -0.2) is 4.39 Å². The van der Waals surface area contributed by atoms with E-state index in [1.54, 1.807) is 12.1 Å². The summed E-state index contributed by atoms with van der Waals surface area (Å²) < 4.78 is 12.8. The van der Waals surface area contributed by atoms with Gasteiger partial charge in [0.1, 0.15) is 5.82 Å². The van der Waals surface area contributed by atoms with E-state index < -0.39 is 0 Å². The maximum Gasteiger partial charge on any atom is 0.248 e. The van der Waals surface area contributed by atoms with Crippen LogP contribution in [0, 0.1) is 12.7 Å². The fraction of sp³-hybridized carbons (Fsp3) is 0.176. The molecule has 1 amide bonds. The molecule has 0 spiro atoms. The monoisotopic (exact) mass is 363 g/mol. The van der Waals surface area contributed by atoms with Crippen LogP contribution in [0.15, 0.2) is 48.5 Å². The summed E-state index contributed by atoms with van der Waals surface area (Å²) in [7, 11) is 0. The summed E-state index contributed by atoms with van der Waals surface area (Å²) in [6.45, 7) is 2.04. The third kappa shape index (κ3) is 6.55. The number of nitrogens with one attached hydrogen (secondary N) is 3. The van der Waals surface area contributed by atoms with Crippen molar-refractivity contribution in [1.29, 1.82) is 0 Å². The zero-order valence-corrected chi connectivity index (χ0v) is 14.8. The van der Waals surface area contributed by atoms with Crippen molar-refractivity contribution < 1.29 is 9.18 Å². The number of thioether (sulfide) groups is 1. The Hall–Kier alpha value is -2.12. The normalized spacial score (nSPS) is 10.1. The Bertz CT molecular complexity index is 690. The standard InChI is InChI=1S/C17H18FN3OS2/c1-12-2-4-13(5-3-12)10-24-11-16(22)20-21-17(23)19-15-8-6-14(18)7-9-15/h2-9H,10-11H2,1H3,(H,20,22)(H2,19,21,23). The number of benzene rings is 2. The van der Waals surface area contributed by atoms with E-state index in [4.69, 9.17) is 12.2 Å². The fourth-order valence-corrected chi connectivity index (χ4v) is 2.76. The van der Waals surface area contributed by atoms with E-state index in [0.29, 0.717) is 11.4 Å². The minimum atomic E-state index is -0.321. The van der Waals surface area contributed by atoms with Gasteiger partial charge >= 0.3 is 0 Å². The molecular formula is C17H18FN3OS2. The number of hydrogen-bond donors (Lipinski definition) is 3. The Balaban J connectivity index is 1.64. The molecule has 2 aromatic carbocycles. The van der Waals surface area contributed by atoms with Crippen LogP contribution in [0.1, 0.15) is 11.1 Å². The van der Waals surface area contributed by atoms with Crippen molar-refractivity contribution in [3.63, 3.8) is 0 Å². The molecule has 0 fully saturated rings. The maximum absolute atomic E-state index is 12.8. The van der Waals surface area contributed by atoms with E-state index in [-0.39, 0.29) is 16.8 Å². The highest BCUT2D eigenvalue weighted by Gasteiger charge is 2.03. The van der Waals surface area contributed by atoms with E-state index in [0.717, 1.165) is 5.75 Å². The van der Waals surface area contributed by atoms with Gasteiger partial charge in [-0.3, -0.25) is 15.6 Å². The lowest BCUT2D eigenvalue weighted by Gasteiger charge is -2.11. The van der Waals surface area contributed by atoms with Gasteiger partial charge in [0.05, 0.1) is 5.75 Å². The van der Waals surface area contributed by atoms with Crippen molar-refractivity contribution in [3.05, 3.63) is 65.5 Å². The molecule has 0 saturated heterocycles. The van der Waals surface area contributed by atoms with Crippen LogP contribution in [-0.2, 0) is 10.5 Å². The van der Waals surface area contributed by atoms with Gasteiger partial charge in [-0.2, -0.15) is 0 Å². The lowest BCUT2D eigenvalue weighted by atomic mass is 10.2. The van der Waals surface area contributed by atoms with E-state index in [9.17, 15) is 9.18 Å². The summed E-state index contributed by atoms with van der Waals surface area (Å²) in [5.74, 6) is 0.597. The zero-order chi connectivity index (χ0) is 17.4. The van der Waals surface area contributed by atoms with Crippen molar-refractivity contribution in [2.45, 2.75) is 12.7 Å². The molecule has 2 rings (SSSR count). The van der Waals surface area contributed by atoms with Crippen LogP contribution in [0.3, 0.4) is 0 Å². The molecule has 0 aromatic heterocycles. The number of hydrazine groups is 1. The second-order valence-electron chi connectivity index (χ2n) is 5.11. The van der Waals surface area contributed by atoms with Gasteiger partial charge in [-0.1, -0.05) is 29.8 Å². The Morgan fingerprint density at radius 1 is 1.08 bits per heavy atom. The molecular weight excluding hydrogens is 345 g/mol. The van der Waals surface area contributed by atoms with Gasteiger partial charge in [0.15, 0.2) is 5.11 Å². The molecule has 7 heteroatoms. The van der Waals surface area contributed by atoms with Crippen LogP contribution < -0.4 is 16.2 Å². The molecule has 0 atom stereocenters. The Labute approximate surface area is 150 Å². The average Bonchev–Trinajstić information content (AvgIpc) is 2.57. The second kappa shape index (κ2) is 9.24. The SMILES string of the molecule is Cc1ccc(CSCC(=O)NNC(=S)Nc2ccc(F)cc2)cc1. The first-order valence-electron chi connectivity index (χ1n) is 7.27. The van der Waals surface area contributed by atoms with Gasteiger partial charge in [-0.15, -0.1) is 11.8 Å².